The fourth-order valence-corrected chi connectivity index (χ4v) is 4.35. The summed E-state index contributed by atoms with van der Waals surface area (Å²) in [6, 6.07) is 22.4. The fraction of sp³-hybridized carbons (Fsp3) is 0.172. The van der Waals surface area contributed by atoms with Crippen LogP contribution < -0.4 is 14.2 Å². The monoisotopic (exact) mass is 501 g/mol. The third-order valence-electron chi connectivity index (χ3n) is 5.21. The molecule has 36 heavy (non-hydrogen) atoms. The highest BCUT2D eigenvalue weighted by atomic mass is 32.2. The SMILES string of the molecule is COc1ccc2ncc(COc3ccc(/C=C(\Sc4ccccc4)C(=O)O)cc3)c(OC(C)C)c2c1. The number of methoxy groups -OCH3 is 1. The molecule has 0 radical (unpaired) electrons. The van der Waals surface area contributed by atoms with Gasteiger partial charge in [-0.25, -0.2) is 4.79 Å². The second-order valence-corrected chi connectivity index (χ2v) is 9.36. The van der Waals surface area contributed by atoms with Crippen LogP contribution in [0, 0.1) is 0 Å². The Morgan fingerprint density at radius 3 is 2.42 bits per heavy atom. The number of benzene rings is 3. The van der Waals surface area contributed by atoms with E-state index >= 15 is 0 Å². The van der Waals surface area contributed by atoms with Crippen molar-refractivity contribution < 1.29 is 24.1 Å². The first-order chi connectivity index (χ1) is 17.4. The number of hydrogen-bond acceptors (Lipinski definition) is 6. The van der Waals surface area contributed by atoms with Gasteiger partial charge in [-0.1, -0.05) is 42.1 Å². The minimum absolute atomic E-state index is 0.0243. The van der Waals surface area contributed by atoms with E-state index in [1.54, 1.807) is 19.4 Å². The third-order valence-corrected chi connectivity index (χ3v) is 6.23. The standard InChI is InChI=1S/C29H27NO5S/c1-19(2)35-28-21(17-30-26-14-13-23(33-3)16-25(26)28)18-34-22-11-9-20(10-12-22)15-27(29(31)32)36-24-7-5-4-6-8-24/h4-17,19H,18H2,1-3H3,(H,31,32)/b27-15-. The lowest BCUT2D eigenvalue weighted by molar-refractivity contribution is -0.131. The molecular weight excluding hydrogens is 474 g/mol. The first-order valence-corrected chi connectivity index (χ1v) is 12.3. The zero-order chi connectivity index (χ0) is 25.5. The molecule has 1 aromatic heterocycles. The maximum atomic E-state index is 11.7. The molecule has 0 saturated carbocycles. The van der Waals surface area contributed by atoms with E-state index in [0.717, 1.165) is 38.4 Å². The lowest BCUT2D eigenvalue weighted by atomic mass is 10.1. The van der Waals surface area contributed by atoms with Crippen LogP contribution >= 0.6 is 11.8 Å². The molecule has 7 heteroatoms. The largest absolute Gasteiger partial charge is 0.497 e. The molecule has 0 saturated heterocycles. The average Bonchev–Trinajstić information content (AvgIpc) is 2.88. The summed E-state index contributed by atoms with van der Waals surface area (Å²) in [6.07, 6.45) is 3.39. The fourth-order valence-electron chi connectivity index (χ4n) is 3.52. The number of carbonyl (C=O) groups is 1. The van der Waals surface area contributed by atoms with Gasteiger partial charge in [-0.05, 0) is 68.0 Å². The molecule has 0 aliphatic heterocycles. The Kier molecular flexibility index (Phi) is 8.13. The number of hydrogen-bond donors (Lipinski definition) is 1. The van der Waals surface area contributed by atoms with Crippen LogP contribution in [0.25, 0.3) is 17.0 Å². The van der Waals surface area contributed by atoms with Gasteiger partial charge in [0.15, 0.2) is 0 Å². The normalized spacial score (nSPS) is 11.5. The third kappa shape index (κ3) is 6.37. The first kappa shape index (κ1) is 25.1. The summed E-state index contributed by atoms with van der Waals surface area (Å²) >= 11 is 1.21. The number of pyridine rings is 1. The average molecular weight is 502 g/mol. The number of fused-ring (bicyclic) bond motifs is 1. The number of rotatable bonds is 10. The Hall–Kier alpha value is -3.97. The molecule has 0 bridgehead atoms. The Balaban J connectivity index is 1.52. The van der Waals surface area contributed by atoms with Crippen LogP contribution in [0.2, 0.25) is 0 Å². The van der Waals surface area contributed by atoms with E-state index in [0.29, 0.717) is 5.75 Å². The number of carboxylic acid groups (broad SMARTS) is 1. The van der Waals surface area contributed by atoms with Gasteiger partial charge in [0.25, 0.3) is 0 Å². The van der Waals surface area contributed by atoms with Gasteiger partial charge in [0.2, 0.25) is 0 Å². The molecule has 6 nitrogen and oxygen atoms in total. The predicted octanol–water partition coefficient (Wildman–Crippen LogP) is 6.83. The molecule has 0 aliphatic carbocycles. The Morgan fingerprint density at radius 2 is 1.75 bits per heavy atom. The van der Waals surface area contributed by atoms with E-state index in [-0.39, 0.29) is 17.6 Å². The van der Waals surface area contributed by atoms with Crippen molar-refractivity contribution in [2.75, 3.05) is 7.11 Å². The lowest BCUT2D eigenvalue weighted by Gasteiger charge is -2.17. The van der Waals surface area contributed by atoms with Crippen molar-refractivity contribution in [3.05, 3.63) is 95.0 Å². The number of carboxylic acids is 1. The molecule has 1 N–H and O–H groups in total. The Bertz CT molecular complexity index is 1370. The van der Waals surface area contributed by atoms with E-state index in [1.165, 1.54) is 11.8 Å². The maximum Gasteiger partial charge on any atom is 0.342 e. The Labute approximate surface area is 214 Å². The summed E-state index contributed by atoms with van der Waals surface area (Å²) in [6.45, 7) is 4.22. The number of aliphatic carboxylic acids is 1. The minimum Gasteiger partial charge on any atom is -0.497 e. The Morgan fingerprint density at radius 1 is 1.03 bits per heavy atom. The van der Waals surface area contributed by atoms with Crippen molar-refractivity contribution in [3.63, 3.8) is 0 Å². The zero-order valence-corrected chi connectivity index (χ0v) is 21.1. The predicted molar refractivity (Wildman–Crippen MR) is 143 cm³/mol. The second-order valence-electron chi connectivity index (χ2n) is 8.25. The zero-order valence-electron chi connectivity index (χ0n) is 20.3. The van der Waals surface area contributed by atoms with Gasteiger partial charge in [-0.2, -0.15) is 0 Å². The highest BCUT2D eigenvalue weighted by Crippen LogP contribution is 2.33. The summed E-state index contributed by atoms with van der Waals surface area (Å²) in [5.41, 5.74) is 2.40. The maximum absolute atomic E-state index is 11.7. The topological polar surface area (TPSA) is 77.9 Å². The summed E-state index contributed by atoms with van der Waals surface area (Å²) in [4.78, 5) is 17.4. The number of ether oxygens (including phenoxy) is 3. The van der Waals surface area contributed by atoms with Crippen molar-refractivity contribution >= 4 is 34.7 Å². The molecule has 3 aromatic carbocycles. The van der Waals surface area contributed by atoms with Gasteiger partial charge in [-0.15, -0.1) is 0 Å². The van der Waals surface area contributed by atoms with Crippen molar-refractivity contribution in [1.82, 2.24) is 4.98 Å². The summed E-state index contributed by atoms with van der Waals surface area (Å²) in [7, 11) is 1.63. The highest BCUT2D eigenvalue weighted by Gasteiger charge is 2.14. The van der Waals surface area contributed by atoms with E-state index in [9.17, 15) is 9.90 Å². The molecule has 0 atom stereocenters. The minimum atomic E-state index is -0.970. The molecule has 4 aromatic rings. The van der Waals surface area contributed by atoms with Crippen molar-refractivity contribution in [2.45, 2.75) is 31.5 Å². The molecule has 1 heterocycles. The van der Waals surface area contributed by atoms with Gasteiger partial charge in [0.1, 0.15) is 23.9 Å². The number of aromatic nitrogens is 1. The summed E-state index contributed by atoms with van der Waals surface area (Å²) in [5.74, 6) is 1.13. The number of thioether (sulfide) groups is 1. The van der Waals surface area contributed by atoms with Gasteiger partial charge in [0.05, 0.1) is 29.2 Å². The van der Waals surface area contributed by atoms with Gasteiger partial charge in [0, 0.05) is 16.5 Å². The lowest BCUT2D eigenvalue weighted by Crippen LogP contribution is -2.10. The summed E-state index contributed by atoms with van der Waals surface area (Å²) in [5, 5.41) is 10.5. The quantitative estimate of drug-likeness (QED) is 0.189. The van der Waals surface area contributed by atoms with Crippen LogP contribution in [0.4, 0.5) is 0 Å². The van der Waals surface area contributed by atoms with Crippen LogP contribution in [-0.4, -0.2) is 29.3 Å². The van der Waals surface area contributed by atoms with Crippen molar-refractivity contribution in [1.29, 1.82) is 0 Å². The van der Waals surface area contributed by atoms with Crippen LogP contribution in [-0.2, 0) is 11.4 Å². The van der Waals surface area contributed by atoms with Crippen molar-refractivity contribution in [3.8, 4) is 17.2 Å². The van der Waals surface area contributed by atoms with Crippen LogP contribution in [0.3, 0.4) is 0 Å². The van der Waals surface area contributed by atoms with E-state index in [1.807, 2.05) is 86.6 Å². The molecular formula is C29H27NO5S. The van der Waals surface area contributed by atoms with E-state index in [4.69, 9.17) is 14.2 Å². The van der Waals surface area contributed by atoms with Crippen LogP contribution in [0.15, 0.2) is 88.8 Å². The van der Waals surface area contributed by atoms with Crippen molar-refractivity contribution in [2.24, 2.45) is 0 Å². The first-order valence-electron chi connectivity index (χ1n) is 11.5. The van der Waals surface area contributed by atoms with Crippen LogP contribution in [0.5, 0.6) is 17.2 Å². The molecule has 0 fully saturated rings. The van der Waals surface area contributed by atoms with Gasteiger partial charge >= 0.3 is 5.97 Å². The number of nitrogens with zero attached hydrogens (tertiary/aromatic N) is 1. The second kappa shape index (κ2) is 11.6. The molecule has 0 aliphatic rings. The van der Waals surface area contributed by atoms with Gasteiger partial charge in [-0.3, -0.25) is 4.98 Å². The van der Waals surface area contributed by atoms with E-state index in [2.05, 4.69) is 4.98 Å². The molecule has 0 amide bonds. The highest BCUT2D eigenvalue weighted by molar-refractivity contribution is 8.04. The van der Waals surface area contributed by atoms with Gasteiger partial charge < -0.3 is 19.3 Å². The van der Waals surface area contributed by atoms with Crippen LogP contribution in [0.1, 0.15) is 25.0 Å². The summed E-state index contributed by atoms with van der Waals surface area (Å²) < 4.78 is 17.5. The van der Waals surface area contributed by atoms with E-state index < -0.39 is 5.97 Å². The molecule has 4 rings (SSSR count). The smallest absolute Gasteiger partial charge is 0.342 e. The molecule has 0 unspecified atom stereocenters. The molecule has 184 valence electrons. The molecule has 0 spiro atoms.